The van der Waals surface area contributed by atoms with E-state index in [0.29, 0.717) is 12.6 Å². The van der Waals surface area contributed by atoms with Gasteiger partial charge in [0.25, 0.3) is 0 Å². The average molecular weight is 259 g/mol. The van der Waals surface area contributed by atoms with Crippen LogP contribution in [-0.4, -0.2) is 10.2 Å². The Bertz CT molecular complexity index is 577. The molecule has 1 aromatic heterocycles. The molecule has 0 aliphatic heterocycles. The van der Waals surface area contributed by atoms with Crippen LogP contribution in [-0.2, 0) is 13.0 Å². The van der Waals surface area contributed by atoms with Gasteiger partial charge < -0.3 is 19.9 Å². The molecule has 1 heterocycles. The normalized spacial score (nSPS) is 18.2. The van der Waals surface area contributed by atoms with Gasteiger partial charge in [-0.3, -0.25) is 0 Å². The number of phenolic OH excluding ortho intramolecular Hbond substituents is 2. The molecular formula is C15H17NO3. The summed E-state index contributed by atoms with van der Waals surface area (Å²) in [6.45, 7) is 0.656. The molecule has 0 amide bonds. The monoisotopic (exact) mass is 259 g/mol. The Morgan fingerprint density at radius 3 is 2.95 bits per heavy atom. The lowest BCUT2D eigenvalue weighted by Crippen LogP contribution is -2.23. The van der Waals surface area contributed by atoms with Gasteiger partial charge in [-0.2, -0.15) is 0 Å². The van der Waals surface area contributed by atoms with Gasteiger partial charge in [-0.05, 0) is 36.6 Å². The molecule has 1 unspecified atom stereocenters. The van der Waals surface area contributed by atoms with Crippen molar-refractivity contribution in [2.45, 2.75) is 31.8 Å². The Morgan fingerprint density at radius 2 is 2.11 bits per heavy atom. The number of benzene rings is 1. The van der Waals surface area contributed by atoms with Gasteiger partial charge in [0.05, 0.1) is 6.26 Å². The molecular weight excluding hydrogens is 242 g/mol. The first-order valence-electron chi connectivity index (χ1n) is 6.54. The number of nitrogens with one attached hydrogen (secondary N) is 1. The molecule has 3 rings (SSSR count). The van der Waals surface area contributed by atoms with E-state index in [4.69, 9.17) is 4.42 Å². The molecule has 100 valence electrons. The topological polar surface area (TPSA) is 65.6 Å². The second-order valence-electron chi connectivity index (χ2n) is 4.95. The van der Waals surface area contributed by atoms with Crippen LogP contribution in [0, 0.1) is 0 Å². The zero-order valence-corrected chi connectivity index (χ0v) is 10.6. The zero-order chi connectivity index (χ0) is 13.2. The first kappa shape index (κ1) is 12.1. The highest BCUT2D eigenvalue weighted by molar-refractivity contribution is 5.40. The molecule has 0 bridgehead atoms. The predicted molar refractivity (Wildman–Crippen MR) is 71.0 cm³/mol. The van der Waals surface area contributed by atoms with Gasteiger partial charge in [-0.25, -0.2) is 0 Å². The number of aryl methyl sites for hydroxylation is 1. The molecule has 0 saturated carbocycles. The molecule has 1 atom stereocenters. The molecule has 0 spiro atoms. The Hall–Kier alpha value is -1.94. The van der Waals surface area contributed by atoms with Gasteiger partial charge >= 0.3 is 0 Å². The van der Waals surface area contributed by atoms with E-state index in [1.165, 1.54) is 11.6 Å². The molecule has 4 nitrogen and oxygen atoms in total. The van der Waals surface area contributed by atoms with Crippen molar-refractivity contribution in [2.24, 2.45) is 0 Å². The second-order valence-corrected chi connectivity index (χ2v) is 4.95. The van der Waals surface area contributed by atoms with Crippen LogP contribution in [0.15, 0.2) is 34.9 Å². The maximum atomic E-state index is 9.47. The van der Waals surface area contributed by atoms with Crippen LogP contribution in [0.4, 0.5) is 0 Å². The highest BCUT2D eigenvalue weighted by Gasteiger charge is 2.21. The lowest BCUT2D eigenvalue weighted by Gasteiger charge is -2.22. The minimum absolute atomic E-state index is 0.0769. The SMILES string of the molecule is Oc1ccc(CNC2CCCc3occc32)cc1O. The third kappa shape index (κ3) is 2.44. The molecule has 4 heteroatoms. The van der Waals surface area contributed by atoms with Crippen LogP contribution in [0.25, 0.3) is 0 Å². The highest BCUT2D eigenvalue weighted by Crippen LogP contribution is 2.31. The smallest absolute Gasteiger partial charge is 0.157 e. The van der Waals surface area contributed by atoms with Crippen molar-refractivity contribution in [3.63, 3.8) is 0 Å². The van der Waals surface area contributed by atoms with Crippen LogP contribution in [0.2, 0.25) is 0 Å². The van der Waals surface area contributed by atoms with Crippen LogP contribution in [0.5, 0.6) is 11.5 Å². The number of fused-ring (bicyclic) bond motifs is 1. The first-order valence-corrected chi connectivity index (χ1v) is 6.54. The molecule has 0 radical (unpaired) electrons. The standard InChI is InChI=1S/C15H17NO3/c17-13-5-4-10(8-14(13)18)9-16-12-2-1-3-15-11(12)6-7-19-15/h4-8,12,16-18H,1-3,9H2. The fourth-order valence-corrected chi connectivity index (χ4v) is 2.62. The summed E-state index contributed by atoms with van der Waals surface area (Å²) in [5.41, 5.74) is 2.19. The van der Waals surface area contributed by atoms with Gasteiger partial charge in [0.2, 0.25) is 0 Å². The van der Waals surface area contributed by atoms with Crippen LogP contribution in [0.3, 0.4) is 0 Å². The Kier molecular flexibility index (Phi) is 3.17. The number of aromatic hydroxyl groups is 2. The minimum Gasteiger partial charge on any atom is -0.504 e. The van der Waals surface area contributed by atoms with Gasteiger partial charge in [-0.1, -0.05) is 6.07 Å². The summed E-state index contributed by atoms with van der Waals surface area (Å²) in [5.74, 6) is 0.919. The first-order chi connectivity index (χ1) is 9.24. The van der Waals surface area contributed by atoms with Gasteiger partial charge in [-0.15, -0.1) is 0 Å². The number of phenols is 2. The summed E-state index contributed by atoms with van der Waals surface area (Å²) in [4.78, 5) is 0. The molecule has 1 aromatic carbocycles. The summed E-state index contributed by atoms with van der Waals surface area (Å²) >= 11 is 0. The Labute approximate surface area is 111 Å². The van der Waals surface area contributed by atoms with E-state index in [0.717, 1.165) is 30.6 Å². The van der Waals surface area contributed by atoms with E-state index >= 15 is 0 Å². The minimum atomic E-state index is -0.0847. The number of furan rings is 1. The van der Waals surface area contributed by atoms with E-state index in [2.05, 4.69) is 5.32 Å². The second kappa shape index (κ2) is 4.97. The third-order valence-corrected chi connectivity index (χ3v) is 3.64. The van der Waals surface area contributed by atoms with Crippen molar-refractivity contribution in [3.8, 4) is 11.5 Å². The van der Waals surface area contributed by atoms with Crippen molar-refractivity contribution < 1.29 is 14.6 Å². The fourth-order valence-electron chi connectivity index (χ4n) is 2.62. The molecule has 0 fully saturated rings. The van der Waals surface area contributed by atoms with Crippen LogP contribution in [0.1, 0.15) is 35.8 Å². The van der Waals surface area contributed by atoms with Crippen LogP contribution < -0.4 is 5.32 Å². The average Bonchev–Trinajstić information content (AvgIpc) is 2.89. The maximum absolute atomic E-state index is 9.47. The predicted octanol–water partition coefficient (Wildman–Crippen LogP) is 2.86. The van der Waals surface area contributed by atoms with Gasteiger partial charge in [0, 0.05) is 24.6 Å². The largest absolute Gasteiger partial charge is 0.504 e. The van der Waals surface area contributed by atoms with E-state index in [1.54, 1.807) is 18.4 Å². The summed E-state index contributed by atoms with van der Waals surface area (Å²) in [6.07, 6.45) is 4.98. The van der Waals surface area contributed by atoms with Crippen molar-refractivity contribution in [1.29, 1.82) is 0 Å². The Balaban J connectivity index is 1.69. The van der Waals surface area contributed by atoms with Crippen molar-refractivity contribution >= 4 is 0 Å². The maximum Gasteiger partial charge on any atom is 0.157 e. The quantitative estimate of drug-likeness (QED) is 0.741. The molecule has 1 aliphatic carbocycles. The summed E-state index contributed by atoms with van der Waals surface area (Å²) in [6, 6.07) is 7.23. The van der Waals surface area contributed by atoms with Gasteiger partial charge in [0.15, 0.2) is 11.5 Å². The fraction of sp³-hybridized carbons (Fsp3) is 0.333. The number of hydrogen-bond acceptors (Lipinski definition) is 4. The third-order valence-electron chi connectivity index (χ3n) is 3.64. The zero-order valence-electron chi connectivity index (χ0n) is 10.6. The van der Waals surface area contributed by atoms with Crippen LogP contribution >= 0.6 is 0 Å². The lowest BCUT2D eigenvalue weighted by molar-refractivity contribution is 0.399. The molecule has 3 N–H and O–H groups in total. The Morgan fingerprint density at radius 1 is 1.21 bits per heavy atom. The highest BCUT2D eigenvalue weighted by atomic mass is 16.3. The van der Waals surface area contributed by atoms with Crippen molar-refractivity contribution in [3.05, 3.63) is 47.4 Å². The molecule has 2 aromatic rings. The van der Waals surface area contributed by atoms with E-state index < -0.39 is 0 Å². The van der Waals surface area contributed by atoms with Crippen molar-refractivity contribution in [1.82, 2.24) is 5.32 Å². The molecule has 1 aliphatic rings. The van der Waals surface area contributed by atoms with E-state index in [9.17, 15) is 10.2 Å². The summed E-state index contributed by atoms with van der Waals surface area (Å²) < 4.78 is 5.46. The van der Waals surface area contributed by atoms with E-state index in [1.807, 2.05) is 6.07 Å². The number of rotatable bonds is 3. The molecule has 19 heavy (non-hydrogen) atoms. The lowest BCUT2D eigenvalue weighted by atomic mass is 9.93. The van der Waals surface area contributed by atoms with E-state index in [-0.39, 0.29) is 11.5 Å². The molecule has 0 saturated heterocycles. The number of hydrogen-bond donors (Lipinski definition) is 3. The summed E-state index contributed by atoms with van der Waals surface area (Å²) in [5, 5.41) is 22.2. The van der Waals surface area contributed by atoms with Gasteiger partial charge in [0.1, 0.15) is 5.76 Å². The van der Waals surface area contributed by atoms with Crippen molar-refractivity contribution in [2.75, 3.05) is 0 Å². The summed E-state index contributed by atoms with van der Waals surface area (Å²) in [7, 11) is 0.